The van der Waals surface area contributed by atoms with E-state index in [0.29, 0.717) is 11.9 Å². The maximum atomic E-state index is 12.7. The zero-order chi connectivity index (χ0) is 18.6. The van der Waals surface area contributed by atoms with Crippen molar-refractivity contribution in [2.75, 3.05) is 32.7 Å². The Hall–Kier alpha value is -1.10. The van der Waals surface area contributed by atoms with Crippen molar-refractivity contribution in [1.29, 1.82) is 0 Å². The second kappa shape index (κ2) is 8.93. The maximum absolute atomic E-state index is 12.7. The predicted octanol–water partition coefficient (Wildman–Crippen LogP) is 3.54. The van der Waals surface area contributed by atoms with Gasteiger partial charge in [-0.3, -0.25) is 9.69 Å². The fourth-order valence-electron chi connectivity index (χ4n) is 4.45. The van der Waals surface area contributed by atoms with Crippen LogP contribution in [0.3, 0.4) is 0 Å². The van der Waals surface area contributed by atoms with Gasteiger partial charge in [0, 0.05) is 43.2 Å². The van der Waals surface area contributed by atoms with Crippen LogP contribution in [-0.2, 0) is 11.3 Å². The van der Waals surface area contributed by atoms with Crippen LogP contribution in [0.2, 0.25) is 5.02 Å². The molecule has 4 nitrogen and oxygen atoms in total. The minimum absolute atomic E-state index is 0.229. The number of halogens is 1. The highest BCUT2D eigenvalue weighted by atomic mass is 35.5. The molecule has 2 aliphatic heterocycles. The van der Waals surface area contributed by atoms with Crippen molar-refractivity contribution in [3.05, 3.63) is 34.9 Å². The van der Waals surface area contributed by atoms with Crippen LogP contribution in [-0.4, -0.2) is 54.5 Å². The highest BCUT2D eigenvalue weighted by Crippen LogP contribution is 2.31. The molecule has 148 valence electrons. The molecular weight excluding hydrogens is 358 g/mol. The van der Waals surface area contributed by atoms with Gasteiger partial charge in [0.05, 0.1) is 0 Å². The van der Waals surface area contributed by atoms with E-state index >= 15 is 0 Å². The third kappa shape index (κ3) is 5.69. The molecule has 0 aromatic heterocycles. The molecule has 27 heavy (non-hydrogen) atoms. The average molecular weight is 390 g/mol. The van der Waals surface area contributed by atoms with Crippen molar-refractivity contribution < 1.29 is 4.79 Å². The summed E-state index contributed by atoms with van der Waals surface area (Å²) in [6.45, 7) is 6.54. The van der Waals surface area contributed by atoms with Gasteiger partial charge in [-0.1, -0.05) is 23.7 Å². The normalized spacial score (nSPS) is 23.4. The maximum Gasteiger partial charge on any atom is 0.223 e. The van der Waals surface area contributed by atoms with Crippen molar-refractivity contribution in [3.8, 4) is 0 Å². The average Bonchev–Trinajstić information content (AvgIpc) is 3.50. The number of nitrogens with one attached hydrogen (secondary N) is 1. The van der Waals surface area contributed by atoms with Gasteiger partial charge < -0.3 is 10.2 Å². The number of likely N-dealkylation sites (tertiary alicyclic amines) is 2. The molecule has 0 bridgehead atoms. The van der Waals surface area contributed by atoms with E-state index in [4.69, 9.17) is 11.6 Å². The number of piperidine rings is 2. The minimum atomic E-state index is 0.229. The Balaban J connectivity index is 1.15. The van der Waals surface area contributed by atoms with Crippen molar-refractivity contribution in [3.63, 3.8) is 0 Å². The van der Waals surface area contributed by atoms with E-state index < -0.39 is 0 Å². The van der Waals surface area contributed by atoms with Crippen LogP contribution in [0.4, 0.5) is 0 Å². The summed E-state index contributed by atoms with van der Waals surface area (Å²) in [6, 6.07) is 8.47. The van der Waals surface area contributed by atoms with Crippen LogP contribution < -0.4 is 5.32 Å². The summed E-state index contributed by atoms with van der Waals surface area (Å²) in [6.07, 6.45) is 7.01. The standard InChI is InChI=1S/C22H32ClN3O/c23-20-5-3-18(4-6-20)16-26-13-9-21(10-14-26)24-22(27)19-7-11-25(12-8-19)15-17-1-2-17/h3-6,17,19,21H,1-2,7-16H2,(H,24,27). The van der Waals surface area contributed by atoms with Crippen molar-refractivity contribution in [2.45, 2.75) is 51.1 Å². The molecule has 1 saturated carbocycles. The van der Waals surface area contributed by atoms with Gasteiger partial charge in [-0.25, -0.2) is 0 Å². The molecule has 3 fully saturated rings. The number of amides is 1. The van der Waals surface area contributed by atoms with E-state index in [9.17, 15) is 4.79 Å². The topological polar surface area (TPSA) is 35.6 Å². The van der Waals surface area contributed by atoms with Gasteiger partial charge in [0.1, 0.15) is 0 Å². The molecule has 3 aliphatic rings. The molecule has 5 heteroatoms. The van der Waals surface area contributed by atoms with Crippen molar-refractivity contribution >= 4 is 17.5 Å². The van der Waals surface area contributed by atoms with Crippen LogP contribution in [0.5, 0.6) is 0 Å². The van der Waals surface area contributed by atoms with Gasteiger partial charge in [0.2, 0.25) is 5.91 Å². The summed E-state index contributed by atoms with van der Waals surface area (Å²) >= 11 is 5.96. The Morgan fingerprint density at radius 3 is 2.19 bits per heavy atom. The molecule has 2 heterocycles. The summed E-state index contributed by atoms with van der Waals surface area (Å²) in [5.41, 5.74) is 1.31. The van der Waals surface area contributed by atoms with Gasteiger partial charge in [-0.15, -0.1) is 0 Å². The number of benzene rings is 1. The molecule has 1 N–H and O–H groups in total. The summed E-state index contributed by atoms with van der Waals surface area (Å²) < 4.78 is 0. The largest absolute Gasteiger partial charge is 0.353 e. The second-order valence-electron chi connectivity index (χ2n) is 8.70. The molecule has 0 atom stereocenters. The molecular formula is C22H32ClN3O. The Morgan fingerprint density at radius 2 is 1.56 bits per heavy atom. The lowest BCUT2D eigenvalue weighted by atomic mass is 9.94. The molecule has 0 spiro atoms. The molecule has 4 rings (SSSR count). The zero-order valence-electron chi connectivity index (χ0n) is 16.2. The number of nitrogens with zero attached hydrogens (tertiary/aromatic N) is 2. The fourth-order valence-corrected chi connectivity index (χ4v) is 4.57. The first kappa shape index (κ1) is 19.2. The summed E-state index contributed by atoms with van der Waals surface area (Å²) in [7, 11) is 0. The van der Waals surface area contributed by atoms with Crippen LogP contribution in [0, 0.1) is 11.8 Å². The first-order chi connectivity index (χ1) is 13.2. The molecule has 1 aromatic carbocycles. The van der Waals surface area contributed by atoms with Crippen molar-refractivity contribution in [1.82, 2.24) is 15.1 Å². The van der Waals surface area contributed by atoms with E-state index in [1.165, 1.54) is 24.9 Å². The van der Waals surface area contributed by atoms with Crippen LogP contribution in [0.1, 0.15) is 44.1 Å². The quantitative estimate of drug-likeness (QED) is 0.808. The minimum Gasteiger partial charge on any atom is -0.353 e. The van der Waals surface area contributed by atoms with E-state index in [1.54, 1.807) is 0 Å². The highest BCUT2D eigenvalue weighted by Gasteiger charge is 2.30. The predicted molar refractivity (Wildman–Crippen MR) is 110 cm³/mol. The SMILES string of the molecule is O=C(NC1CCN(Cc2ccc(Cl)cc2)CC1)C1CCN(CC2CC2)CC1. The van der Waals surface area contributed by atoms with E-state index in [-0.39, 0.29) is 5.92 Å². The van der Waals surface area contributed by atoms with E-state index in [2.05, 4.69) is 27.2 Å². The van der Waals surface area contributed by atoms with Crippen LogP contribution in [0.15, 0.2) is 24.3 Å². The first-order valence-corrected chi connectivity index (χ1v) is 11.0. The number of carbonyl (C=O) groups excluding carboxylic acids is 1. The summed E-state index contributed by atoms with van der Waals surface area (Å²) in [5.74, 6) is 1.48. The van der Waals surface area contributed by atoms with Gasteiger partial charge in [0.15, 0.2) is 0 Å². The molecule has 0 radical (unpaired) electrons. The summed E-state index contributed by atoms with van der Waals surface area (Å²) in [5, 5.41) is 4.14. The lowest BCUT2D eigenvalue weighted by Gasteiger charge is -2.35. The molecule has 1 aromatic rings. The van der Waals surface area contributed by atoms with Gasteiger partial charge in [0.25, 0.3) is 0 Å². The van der Waals surface area contributed by atoms with Crippen LogP contribution in [0.25, 0.3) is 0 Å². The molecule has 2 saturated heterocycles. The Morgan fingerprint density at radius 1 is 0.926 bits per heavy atom. The molecule has 1 aliphatic carbocycles. The lowest BCUT2D eigenvalue weighted by Crippen LogP contribution is -2.48. The number of carbonyl (C=O) groups is 1. The fraction of sp³-hybridized carbons (Fsp3) is 0.682. The zero-order valence-corrected chi connectivity index (χ0v) is 17.0. The molecule has 1 amide bonds. The number of rotatable bonds is 6. The Kier molecular flexibility index (Phi) is 6.36. The van der Waals surface area contributed by atoms with Gasteiger partial charge in [-0.05, 0) is 75.2 Å². The smallest absolute Gasteiger partial charge is 0.223 e. The lowest BCUT2D eigenvalue weighted by molar-refractivity contribution is -0.127. The highest BCUT2D eigenvalue weighted by molar-refractivity contribution is 6.30. The molecule has 0 unspecified atom stereocenters. The van der Waals surface area contributed by atoms with E-state index in [1.807, 2.05) is 12.1 Å². The van der Waals surface area contributed by atoms with Gasteiger partial charge in [-0.2, -0.15) is 0 Å². The number of hydrogen-bond acceptors (Lipinski definition) is 3. The summed E-state index contributed by atoms with van der Waals surface area (Å²) in [4.78, 5) is 17.7. The Bertz CT molecular complexity index is 615. The first-order valence-electron chi connectivity index (χ1n) is 10.7. The van der Waals surface area contributed by atoms with E-state index in [0.717, 1.165) is 69.3 Å². The second-order valence-corrected chi connectivity index (χ2v) is 9.14. The van der Waals surface area contributed by atoms with Crippen LogP contribution >= 0.6 is 11.6 Å². The Labute approximate surface area is 168 Å². The monoisotopic (exact) mass is 389 g/mol. The third-order valence-electron chi connectivity index (χ3n) is 6.43. The van der Waals surface area contributed by atoms with Crippen molar-refractivity contribution in [2.24, 2.45) is 11.8 Å². The van der Waals surface area contributed by atoms with Gasteiger partial charge >= 0.3 is 0 Å². The number of hydrogen-bond donors (Lipinski definition) is 1. The third-order valence-corrected chi connectivity index (χ3v) is 6.68.